The van der Waals surface area contributed by atoms with E-state index >= 15 is 0 Å². The highest BCUT2D eigenvalue weighted by molar-refractivity contribution is 6.32. The smallest absolute Gasteiger partial charge is 0.325 e. The second-order valence-electron chi connectivity index (χ2n) is 8.39. The van der Waals surface area contributed by atoms with Gasteiger partial charge in [0.05, 0.1) is 19.3 Å². The first-order valence-electron chi connectivity index (χ1n) is 10.5. The molecule has 34 heavy (non-hydrogen) atoms. The molecule has 2 aromatic rings. The van der Waals surface area contributed by atoms with E-state index in [9.17, 15) is 19.1 Å². The molecule has 7 nitrogen and oxygen atoms in total. The maximum absolute atomic E-state index is 13.8. The van der Waals surface area contributed by atoms with Crippen LogP contribution in [0.2, 0.25) is 0 Å². The van der Waals surface area contributed by atoms with Crippen molar-refractivity contribution in [2.45, 2.75) is 39.5 Å². The van der Waals surface area contributed by atoms with Crippen LogP contribution in [-0.4, -0.2) is 42.3 Å². The van der Waals surface area contributed by atoms with Crippen LogP contribution in [-0.2, 0) is 25.6 Å². The molecule has 0 spiro atoms. The molecule has 4 rings (SSSR count). The number of allylic oxidation sites excluding steroid dienone is 1. The number of methoxy groups -OCH3 is 1. The number of hydrogen-bond acceptors (Lipinski definition) is 6. The largest absolute Gasteiger partial charge is 0.482 e. The number of anilines is 1. The SMILES string of the molecule is C.COC(=O)[C@H](CO)NCc1ccc(C2=C/C(=C3\C(=O)Nc4ccc(F)cc43)OC2(C)C)cc1. The van der Waals surface area contributed by atoms with Crippen LogP contribution in [0, 0.1) is 5.82 Å². The zero-order valence-corrected chi connectivity index (χ0v) is 18.6. The number of hydrogen-bond donors (Lipinski definition) is 3. The van der Waals surface area contributed by atoms with Crippen LogP contribution in [0.3, 0.4) is 0 Å². The minimum absolute atomic E-state index is 0. The Morgan fingerprint density at radius 1 is 1.24 bits per heavy atom. The Labute approximate surface area is 198 Å². The average molecular weight is 469 g/mol. The van der Waals surface area contributed by atoms with Gasteiger partial charge in [-0.15, -0.1) is 0 Å². The van der Waals surface area contributed by atoms with Crippen LogP contribution in [0.25, 0.3) is 11.1 Å². The number of aliphatic hydroxyl groups excluding tert-OH is 1. The number of nitrogens with one attached hydrogen (secondary N) is 2. The third-order valence-electron chi connectivity index (χ3n) is 5.75. The number of ether oxygens (including phenoxy) is 2. The Bertz CT molecular complexity index is 1170. The third kappa shape index (κ3) is 4.73. The molecule has 0 saturated carbocycles. The molecule has 180 valence electrons. The van der Waals surface area contributed by atoms with Crippen molar-refractivity contribution in [3.8, 4) is 0 Å². The molecular weight excluding hydrogens is 439 g/mol. The zero-order chi connectivity index (χ0) is 23.8. The standard InChI is InChI=1S/C25H25FN2O5.CH4/c1-25(2)18(15-6-4-14(5-7-15)12-27-20(13-29)24(31)32-3)11-21(33-25)22-17-10-16(26)8-9-19(17)28-23(22)30;/h4-11,20,27,29H,12-13H2,1-3H3,(H,28,30);1H4/b22-21+;/t20-;/m0./s1. The fourth-order valence-electron chi connectivity index (χ4n) is 4.01. The van der Waals surface area contributed by atoms with E-state index < -0.39 is 23.4 Å². The van der Waals surface area contributed by atoms with Crippen molar-refractivity contribution >= 4 is 28.7 Å². The Hall–Kier alpha value is -3.49. The highest BCUT2D eigenvalue weighted by atomic mass is 19.1. The van der Waals surface area contributed by atoms with Gasteiger partial charge >= 0.3 is 5.97 Å². The number of esters is 1. The van der Waals surface area contributed by atoms with Crippen LogP contribution in [0.15, 0.2) is 54.3 Å². The average Bonchev–Trinajstić information content (AvgIpc) is 3.28. The molecule has 0 bridgehead atoms. The summed E-state index contributed by atoms with van der Waals surface area (Å²) in [7, 11) is 1.27. The molecule has 2 aliphatic heterocycles. The van der Waals surface area contributed by atoms with Crippen molar-refractivity contribution in [3.05, 3.63) is 76.8 Å². The highest BCUT2D eigenvalue weighted by Gasteiger charge is 2.38. The summed E-state index contributed by atoms with van der Waals surface area (Å²) in [5.41, 5.74) is 3.34. The molecule has 0 fully saturated rings. The van der Waals surface area contributed by atoms with Crippen LogP contribution in [0.4, 0.5) is 10.1 Å². The lowest BCUT2D eigenvalue weighted by Crippen LogP contribution is -2.40. The van der Waals surface area contributed by atoms with E-state index in [1.807, 2.05) is 44.2 Å². The van der Waals surface area contributed by atoms with Crippen molar-refractivity contribution in [2.75, 3.05) is 19.0 Å². The summed E-state index contributed by atoms with van der Waals surface area (Å²) in [4.78, 5) is 24.2. The Balaban J connectivity index is 0.00000324. The molecule has 0 radical (unpaired) electrons. The molecule has 2 aromatic carbocycles. The molecule has 0 aromatic heterocycles. The first-order valence-corrected chi connectivity index (χ1v) is 10.5. The van der Waals surface area contributed by atoms with Gasteiger partial charge in [-0.05, 0) is 49.2 Å². The lowest BCUT2D eigenvalue weighted by molar-refractivity contribution is -0.144. The predicted molar refractivity (Wildman–Crippen MR) is 128 cm³/mol. The number of aliphatic hydroxyl groups is 1. The number of benzene rings is 2. The number of rotatable bonds is 6. The van der Waals surface area contributed by atoms with E-state index in [1.165, 1.54) is 25.3 Å². The molecule has 1 amide bonds. The van der Waals surface area contributed by atoms with Crippen molar-refractivity contribution in [2.24, 2.45) is 0 Å². The van der Waals surface area contributed by atoms with Gasteiger partial charge < -0.3 is 19.9 Å². The Kier molecular flexibility index (Phi) is 7.24. The van der Waals surface area contributed by atoms with Gasteiger partial charge in [0, 0.05) is 23.4 Å². The van der Waals surface area contributed by atoms with Gasteiger partial charge in [0.25, 0.3) is 5.91 Å². The van der Waals surface area contributed by atoms with Crippen LogP contribution in [0.5, 0.6) is 0 Å². The molecular formula is C26H29FN2O5. The first-order chi connectivity index (χ1) is 15.7. The van der Waals surface area contributed by atoms with E-state index in [0.29, 0.717) is 29.1 Å². The minimum Gasteiger partial charge on any atom is -0.482 e. The number of halogens is 1. The van der Waals surface area contributed by atoms with E-state index in [2.05, 4.69) is 15.4 Å². The Morgan fingerprint density at radius 2 is 1.94 bits per heavy atom. The van der Waals surface area contributed by atoms with Crippen LogP contribution in [0.1, 0.15) is 38.0 Å². The van der Waals surface area contributed by atoms with Gasteiger partial charge in [-0.1, -0.05) is 31.7 Å². The van der Waals surface area contributed by atoms with Crippen molar-refractivity contribution < 1.29 is 28.6 Å². The molecule has 3 N–H and O–H groups in total. The van der Waals surface area contributed by atoms with Gasteiger partial charge in [-0.25, -0.2) is 4.39 Å². The van der Waals surface area contributed by atoms with Gasteiger partial charge in [0.15, 0.2) is 0 Å². The quantitative estimate of drug-likeness (QED) is 0.443. The summed E-state index contributed by atoms with van der Waals surface area (Å²) in [6, 6.07) is 11.0. The third-order valence-corrected chi connectivity index (χ3v) is 5.75. The number of carbonyl (C=O) groups excluding carboxylic acids is 2. The molecule has 0 aliphatic carbocycles. The van der Waals surface area contributed by atoms with E-state index in [-0.39, 0.29) is 19.9 Å². The topological polar surface area (TPSA) is 96.9 Å². The lowest BCUT2D eigenvalue weighted by atomic mass is 9.91. The predicted octanol–water partition coefficient (Wildman–Crippen LogP) is 3.64. The summed E-state index contributed by atoms with van der Waals surface area (Å²) < 4.78 is 24.6. The summed E-state index contributed by atoms with van der Waals surface area (Å²) in [6.45, 7) is 3.82. The molecule has 0 saturated heterocycles. The van der Waals surface area contributed by atoms with Gasteiger partial charge in [0.1, 0.15) is 23.2 Å². The maximum atomic E-state index is 13.8. The Morgan fingerprint density at radius 3 is 2.59 bits per heavy atom. The van der Waals surface area contributed by atoms with Gasteiger partial charge in [0.2, 0.25) is 0 Å². The van der Waals surface area contributed by atoms with Crippen LogP contribution < -0.4 is 10.6 Å². The fourth-order valence-corrected chi connectivity index (χ4v) is 4.01. The van der Waals surface area contributed by atoms with E-state index in [1.54, 1.807) is 0 Å². The lowest BCUT2D eigenvalue weighted by Gasteiger charge is -2.23. The summed E-state index contributed by atoms with van der Waals surface area (Å²) >= 11 is 0. The summed E-state index contributed by atoms with van der Waals surface area (Å²) in [6.07, 6.45) is 1.82. The maximum Gasteiger partial charge on any atom is 0.325 e. The second-order valence-corrected chi connectivity index (χ2v) is 8.39. The van der Waals surface area contributed by atoms with Gasteiger partial charge in [-0.2, -0.15) is 0 Å². The molecule has 0 unspecified atom stereocenters. The van der Waals surface area contributed by atoms with Crippen molar-refractivity contribution in [3.63, 3.8) is 0 Å². The molecule has 2 heterocycles. The second kappa shape index (κ2) is 9.79. The molecule has 8 heteroatoms. The molecule has 1 atom stereocenters. The van der Waals surface area contributed by atoms with E-state index in [4.69, 9.17) is 4.74 Å². The molecule has 2 aliphatic rings. The number of amides is 1. The normalized spacial score (nSPS) is 18.9. The zero-order valence-electron chi connectivity index (χ0n) is 18.6. The summed E-state index contributed by atoms with van der Waals surface area (Å²) in [5, 5.41) is 15.0. The number of fused-ring (bicyclic) bond motifs is 1. The van der Waals surface area contributed by atoms with Crippen LogP contribution >= 0.6 is 0 Å². The van der Waals surface area contributed by atoms with E-state index in [0.717, 1.165) is 16.7 Å². The fraction of sp³-hybridized carbons (Fsp3) is 0.308. The van der Waals surface area contributed by atoms with Crippen molar-refractivity contribution in [1.29, 1.82) is 0 Å². The highest BCUT2D eigenvalue weighted by Crippen LogP contribution is 2.44. The first kappa shape index (κ1) is 25.1. The monoisotopic (exact) mass is 468 g/mol. The minimum atomic E-state index is -0.793. The van der Waals surface area contributed by atoms with Gasteiger partial charge in [-0.3, -0.25) is 14.9 Å². The summed E-state index contributed by atoms with van der Waals surface area (Å²) in [5.74, 6) is -0.887. The number of carbonyl (C=O) groups is 2. The van der Waals surface area contributed by atoms with Crippen molar-refractivity contribution in [1.82, 2.24) is 5.32 Å².